The third-order valence-electron chi connectivity index (χ3n) is 7.38. The van der Waals surface area contributed by atoms with Crippen LogP contribution in [0.1, 0.15) is 66.4 Å². The summed E-state index contributed by atoms with van der Waals surface area (Å²) in [6.45, 7) is 7.22. The third kappa shape index (κ3) is 4.94. The summed E-state index contributed by atoms with van der Waals surface area (Å²) in [6.07, 6.45) is 6.60. The molecule has 0 radical (unpaired) electrons. The van der Waals surface area contributed by atoms with Gasteiger partial charge in [0.05, 0.1) is 5.56 Å². The van der Waals surface area contributed by atoms with Crippen LogP contribution < -0.4 is 4.90 Å². The van der Waals surface area contributed by atoms with Gasteiger partial charge in [-0.15, -0.1) is 0 Å². The Labute approximate surface area is 213 Å². The van der Waals surface area contributed by atoms with Crippen molar-refractivity contribution < 1.29 is 13.2 Å². The fraction of sp³-hybridized carbons (Fsp3) is 0.414. The van der Waals surface area contributed by atoms with E-state index in [0.29, 0.717) is 29.4 Å². The van der Waals surface area contributed by atoms with Gasteiger partial charge in [0.15, 0.2) is 10.8 Å². The minimum absolute atomic E-state index is 0.0601. The number of nitrogens with zero attached hydrogens (tertiary/aromatic N) is 3. The number of rotatable bonds is 7. The normalized spacial score (nSPS) is 18.9. The van der Waals surface area contributed by atoms with Crippen molar-refractivity contribution in [3.63, 3.8) is 0 Å². The first-order valence-corrected chi connectivity index (χ1v) is 14.3. The first-order chi connectivity index (χ1) is 17.1. The largest absolute Gasteiger partial charge is 0.351 e. The van der Waals surface area contributed by atoms with E-state index in [1.807, 2.05) is 6.07 Å². The molecule has 0 N–H and O–H groups in total. The minimum atomic E-state index is -3.92. The lowest BCUT2D eigenvalue weighted by molar-refractivity contribution is 0.102. The van der Waals surface area contributed by atoms with Gasteiger partial charge < -0.3 is 4.90 Å². The SMILES string of the molecule is CC1CN(c2ncccc2C(=O)CS(=O)(=O)c2cccc(Cc3ccc4c(c3)CCC4)n2)C(C)(C)C1. The van der Waals surface area contributed by atoms with Crippen LogP contribution in [0.3, 0.4) is 0 Å². The molecule has 1 fully saturated rings. The highest BCUT2D eigenvalue weighted by molar-refractivity contribution is 7.92. The van der Waals surface area contributed by atoms with Gasteiger partial charge >= 0.3 is 0 Å². The van der Waals surface area contributed by atoms with E-state index in [4.69, 9.17) is 0 Å². The second-order valence-electron chi connectivity index (χ2n) is 10.9. The van der Waals surface area contributed by atoms with E-state index in [0.717, 1.165) is 31.4 Å². The number of hydrogen-bond donors (Lipinski definition) is 0. The van der Waals surface area contributed by atoms with Gasteiger partial charge in [0.25, 0.3) is 0 Å². The molecule has 0 bridgehead atoms. The Kier molecular flexibility index (Phi) is 6.45. The van der Waals surface area contributed by atoms with Crippen LogP contribution in [0.5, 0.6) is 0 Å². The van der Waals surface area contributed by atoms with Crippen LogP contribution in [0.4, 0.5) is 5.82 Å². The van der Waals surface area contributed by atoms with Gasteiger partial charge in [-0.2, -0.15) is 0 Å². The summed E-state index contributed by atoms with van der Waals surface area (Å²) in [5, 5.41) is -0.0601. The predicted octanol–water partition coefficient (Wildman–Crippen LogP) is 4.84. The van der Waals surface area contributed by atoms with Crippen molar-refractivity contribution in [3.8, 4) is 0 Å². The maximum absolute atomic E-state index is 13.3. The molecule has 36 heavy (non-hydrogen) atoms. The molecule has 1 unspecified atom stereocenters. The minimum Gasteiger partial charge on any atom is -0.351 e. The van der Waals surface area contributed by atoms with E-state index in [1.165, 1.54) is 23.6 Å². The van der Waals surface area contributed by atoms with E-state index in [9.17, 15) is 13.2 Å². The zero-order chi connectivity index (χ0) is 25.5. The lowest BCUT2D eigenvalue weighted by Crippen LogP contribution is -2.39. The number of Topliss-reactive ketones (excluding diaryl/α,β-unsaturated/α-hetero) is 1. The highest BCUT2D eigenvalue weighted by atomic mass is 32.2. The summed E-state index contributed by atoms with van der Waals surface area (Å²) in [5.74, 6) is -0.0684. The summed E-state index contributed by atoms with van der Waals surface area (Å²) in [7, 11) is -3.92. The van der Waals surface area contributed by atoms with Crippen molar-refractivity contribution >= 4 is 21.4 Å². The van der Waals surface area contributed by atoms with E-state index >= 15 is 0 Å². The van der Waals surface area contributed by atoms with Crippen molar-refractivity contribution in [2.75, 3.05) is 17.2 Å². The summed E-state index contributed by atoms with van der Waals surface area (Å²) >= 11 is 0. The molecular formula is C29H33N3O3S. The van der Waals surface area contributed by atoms with Crippen LogP contribution in [-0.2, 0) is 29.1 Å². The number of fused-ring (bicyclic) bond motifs is 1. The summed E-state index contributed by atoms with van der Waals surface area (Å²) in [6, 6.07) is 14.9. The number of sulfone groups is 1. The van der Waals surface area contributed by atoms with E-state index in [1.54, 1.807) is 24.4 Å². The summed E-state index contributed by atoms with van der Waals surface area (Å²) < 4.78 is 26.5. The molecule has 1 atom stereocenters. The summed E-state index contributed by atoms with van der Waals surface area (Å²) in [4.78, 5) is 24.4. The molecule has 0 spiro atoms. The maximum atomic E-state index is 13.3. The number of benzene rings is 1. The maximum Gasteiger partial charge on any atom is 0.203 e. The Morgan fingerprint density at radius 2 is 1.89 bits per heavy atom. The first-order valence-electron chi connectivity index (χ1n) is 12.7. The Balaban J connectivity index is 1.36. The molecule has 1 saturated heterocycles. The van der Waals surface area contributed by atoms with Crippen molar-refractivity contribution in [1.29, 1.82) is 0 Å². The lowest BCUT2D eigenvalue weighted by atomic mass is 9.97. The molecule has 3 heterocycles. The van der Waals surface area contributed by atoms with Gasteiger partial charge in [-0.25, -0.2) is 18.4 Å². The van der Waals surface area contributed by atoms with Gasteiger partial charge in [-0.1, -0.05) is 31.2 Å². The average Bonchev–Trinajstić information content (AvgIpc) is 3.41. The summed E-state index contributed by atoms with van der Waals surface area (Å²) in [5.41, 5.74) is 4.77. The number of pyridine rings is 2. The number of carbonyl (C=O) groups is 1. The second-order valence-corrected chi connectivity index (χ2v) is 12.8. The molecule has 5 rings (SSSR count). The second kappa shape index (κ2) is 9.43. The number of hydrogen-bond acceptors (Lipinski definition) is 6. The average molecular weight is 504 g/mol. The molecule has 1 aliphatic heterocycles. The lowest BCUT2D eigenvalue weighted by Gasteiger charge is -2.33. The Morgan fingerprint density at radius 1 is 1.08 bits per heavy atom. The van der Waals surface area contributed by atoms with Crippen molar-refractivity contribution in [2.24, 2.45) is 5.92 Å². The third-order valence-corrected chi connectivity index (χ3v) is 8.89. The quantitative estimate of drug-likeness (QED) is 0.430. The van der Waals surface area contributed by atoms with Gasteiger partial charge in [-0.05, 0) is 86.4 Å². The Bertz CT molecular complexity index is 1410. The first kappa shape index (κ1) is 24.6. The zero-order valence-corrected chi connectivity index (χ0v) is 22.0. The number of aryl methyl sites for hydroxylation is 2. The Morgan fingerprint density at radius 3 is 2.67 bits per heavy atom. The van der Waals surface area contributed by atoms with Crippen molar-refractivity contribution in [2.45, 2.75) is 63.4 Å². The number of ketones is 1. The molecule has 188 valence electrons. The van der Waals surface area contributed by atoms with E-state index in [2.05, 4.69) is 53.8 Å². The predicted molar refractivity (Wildman–Crippen MR) is 141 cm³/mol. The Hall–Kier alpha value is -3.06. The fourth-order valence-corrected chi connectivity index (χ4v) is 6.98. The zero-order valence-electron chi connectivity index (χ0n) is 21.2. The smallest absolute Gasteiger partial charge is 0.203 e. The highest BCUT2D eigenvalue weighted by Gasteiger charge is 2.39. The van der Waals surface area contributed by atoms with Gasteiger partial charge in [0, 0.05) is 30.4 Å². The molecule has 1 aliphatic carbocycles. The van der Waals surface area contributed by atoms with Gasteiger partial charge in [0.1, 0.15) is 11.6 Å². The molecule has 2 aliphatic rings. The molecule has 2 aromatic heterocycles. The topological polar surface area (TPSA) is 80.2 Å². The number of aromatic nitrogens is 2. The van der Waals surface area contributed by atoms with Crippen molar-refractivity contribution in [1.82, 2.24) is 9.97 Å². The molecule has 0 amide bonds. The van der Waals surface area contributed by atoms with Crippen LogP contribution in [0, 0.1) is 5.92 Å². The van der Waals surface area contributed by atoms with Crippen molar-refractivity contribution in [3.05, 3.63) is 82.7 Å². The molecule has 0 saturated carbocycles. The standard InChI is InChI=1S/C29H33N3O3S/c1-20-17-29(2,3)32(18-20)28-25(10-6-14-30-28)26(33)19-36(34,35)27-11-5-9-24(31-27)16-21-12-13-22-7-4-8-23(22)15-21/h5-6,9-15,20H,4,7-8,16-19H2,1-3H3. The van der Waals surface area contributed by atoms with E-state index < -0.39 is 21.4 Å². The fourth-order valence-electron chi connectivity index (χ4n) is 5.79. The van der Waals surface area contributed by atoms with Crippen LogP contribution in [0.15, 0.2) is 59.8 Å². The van der Waals surface area contributed by atoms with Crippen LogP contribution in [-0.4, -0.2) is 42.0 Å². The highest BCUT2D eigenvalue weighted by Crippen LogP contribution is 2.37. The molecule has 7 heteroatoms. The van der Waals surface area contributed by atoms with E-state index in [-0.39, 0.29) is 10.6 Å². The van der Waals surface area contributed by atoms with Crippen LogP contribution >= 0.6 is 0 Å². The number of carbonyl (C=O) groups excluding carboxylic acids is 1. The number of anilines is 1. The molecular weight excluding hydrogens is 470 g/mol. The monoisotopic (exact) mass is 503 g/mol. The molecule has 3 aromatic rings. The molecule has 1 aromatic carbocycles. The van der Waals surface area contributed by atoms with Crippen LogP contribution in [0.25, 0.3) is 0 Å². The molecule has 6 nitrogen and oxygen atoms in total. The van der Waals surface area contributed by atoms with Crippen LogP contribution in [0.2, 0.25) is 0 Å². The van der Waals surface area contributed by atoms with Gasteiger partial charge in [-0.3, -0.25) is 4.79 Å². The van der Waals surface area contributed by atoms with Gasteiger partial charge in [0.2, 0.25) is 9.84 Å².